The van der Waals surface area contributed by atoms with Crippen LogP contribution in [0.15, 0.2) is 22.7 Å². The SMILES string of the molecule is CCC(Cc1ccc(OC)c(Br)c1)C(=O)OC. The number of carbonyl (C=O) groups is 1. The van der Waals surface area contributed by atoms with Crippen LogP contribution in [0.3, 0.4) is 0 Å². The number of halogens is 1. The average molecular weight is 301 g/mol. The first-order chi connectivity index (χ1) is 8.12. The summed E-state index contributed by atoms with van der Waals surface area (Å²) < 4.78 is 10.8. The Morgan fingerprint density at radius 3 is 2.59 bits per heavy atom. The molecule has 94 valence electrons. The molecule has 1 aromatic rings. The van der Waals surface area contributed by atoms with Crippen molar-refractivity contribution in [2.24, 2.45) is 5.92 Å². The summed E-state index contributed by atoms with van der Waals surface area (Å²) in [4.78, 5) is 11.5. The van der Waals surface area contributed by atoms with E-state index >= 15 is 0 Å². The summed E-state index contributed by atoms with van der Waals surface area (Å²) in [7, 11) is 3.05. The quantitative estimate of drug-likeness (QED) is 0.784. The second-order valence-corrected chi connectivity index (χ2v) is 4.66. The van der Waals surface area contributed by atoms with E-state index in [2.05, 4.69) is 15.9 Å². The number of methoxy groups -OCH3 is 2. The summed E-state index contributed by atoms with van der Waals surface area (Å²) in [5, 5.41) is 0. The minimum atomic E-state index is -0.153. The first-order valence-electron chi connectivity index (χ1n) is 5.52. The maximum atomic E-state index is 11.5. The Hall–Kier alpha value is -1.03. The van der Waals surface area contributed by atoms with Crippen molar-refractivity contribution in [2.45, 2.75) is 19.8 Å². The third-order valence-corrected chi connectivity index (χ3v) is 3.35. The standard InChI is InChI=1S/C13H17BrO3/c1-4-10(13(15)17-3)7-9-5-6-12(16-2)11(14)8-9/h5-6,8,10H,4,7H2,1-3H3. The maximum Gasteiger partial charge on any atom is 0.308 e. The number of hydrogen-bond donors (Lipinski definition) is 0. The van der Waals surface area contributed by atoms with E-state index < -0.39 is 0 Å². The average Bonchev–Trinajstić information content (AvgIpc) is 2.35. The van der Waals surface area contributed by atoms with Crippen LogP contribution in [0, 0.1) is 5.92 Å². The van der Waals surface area contributed by atoms with Crippen molar-refractivity contribution in [3.8, 4) is 5.75 Å². The normalized spacial score (nSPS) is 12.0. The van der Waals surface area contributed by atoms with Crippen molar-refractivity contribution in [3.63, 3.8) is 0 Å². The van der Waals surface area contributed by atoms with Gasteiger partial charge >= 0.3 is 5.97 Å². The third-order valence-electron chi connectivity index (χ3n) is 2.73. The zero-order chi connectivity index (χ0) is 12.8. The molecule has 4 heteroatoms. The van der Waals surface area contributed by atoms with Gasteiger partial charge in [-0.2, -0.15) is 0 Å². The van der Waals surface area contributed by atoms with Gasteiger partial charge in [0.05, 0.1) is 24.6 Å². The van der Waals surface area contributed by atoms with Crippen LogP contribution in [0.25, 0.3) is 0 Å². The summed E-state index contributed by atoms with van der Waals surface area (Å²) in [5.41, 5.74) is 1.09. The van der Waals surface area contributed by atoms with Crippen molar-refractivity contribution in [3.05, 3.63) is 28.2 Å². The molecule has 0 aliphatic heterocycles. The second kappa shape index (κ2) is 6.64. The maximum absolute atomic E-state index is 11.5. The van der Waals surface area contributed by atoms with Crippen LogP contribution in [-0.2, 0) is 16.0 Å². The highest BCUT2D eigenvalue weighted by Gasteiger charge is 2.17. The van der Waals surface area contributed by atoms with Gasteiger partial charge in [-0.15, -0.1) is 0 Å². The first-order valence-corrected chi connectivity index (χ1v) is 6.31. The third kappa shape index (κ3) is 3.73. The molecule has 0 amide bonds. The molecule has 0 aromatic heterocycles. The molecule has 1 aromatic carbocycles. The Bertz CT molecular complexity index is 390. The number of ether oxygens (including phenoxy) is 2. The molecule has 0 aliphatic carbocycles. The molecule has 1 rings (SSSR count). The Balaban J connectivity index is 2.80. The van der Waals surface area contributed by atoms with E-state index in [1.54, 1.807) is 7.11 Å². The summed E-state index contributed by atoms with van der Waals surface area (Å²) in [6.07, 6.45) is 1.46. The molecule has 0 bridgehead atoms. The fraction of sp³-hybridized carbons (Fsp3) is 0.462. The van der Waals surface area contributed by atoms with Crippen molar-refractivity contribution < 1.29 is 14.3 Å². The zero-order valence-electron chi connectivity index (χ0n) is 10.3. The lowest BCUT2D eigenvalue weighted by atomic mass is 9.97. The molecule has 1 unspecified atom stereocenters. The lowest BCUT2D eigenvalue weighted by molar-refractivity contribution is -0.145. The number of carbonyl (C=O) groups excluding carboxylic acids is 1. The monoisotopic (exact) mass is 300 g/mol. The van der Waals surface area contributed by atoms with Gasteiger partial charge < -0.3 is 9.47 Å². The van der Waals surface area contributed by atoms with Crippen LogP contribution in [0.5, 0.6) is 5.75 Å². The van der Waals surface area contributed by atoms with E-state index in [4.69, 9.17) is 9.47 Å². The van der Waals surface area contributed by atoms with Crippen LogP contribution in [0.4, 0.5) is 0 Å². The summed E-state index contributed by atoms with van der Waals surface area (Å²) in [5.74, 6) is 0.555. The smallest absolute Gasteiger partial charge is 0.308 e. The molecular weight excluding hydrogens is 284 g/mol. The molecule has 0 heterocycles. The molecule has 0 radical (unpaired) electrons. The molecule has 0 saturated heterocycles. The summed E-state index contributed by atoms with van der Waals surface area (Å²) in [6, 6.07) is 5.84. The van der Waals surface area contributed by atoms with Crippen LogP contribution < -0.4 is 4.74 Å². The van der Waals surface area contributed by atoms with Crippen molar-refractivity contribution in [1.82, 2.24) is 0 Å². The minimum absolute atomic E-state index is 0.0831. The van der Waals surface area contributed by atoms with E-state index in [9.17, 15) is 4.79 Å². The number of rotatable bonds is 5. The highest BCUT2D eigenvalue weighted by Crippen LogP contribution is 2.27. The second-order valence-electron chi connectivity index (χ2n) is 3.80. The Morgan fingerprint density at radius 1 is 1.41 bits per heavy atom. The highest BCUT2D eigenvalue weighted by molar-refractivity contribution is 9.10. The summed E-state index contributed by atoms with van der Waals surface area (Å²) >= 11 is 3.43. The molecule has 17 heavy (non-hydrogen) atoms. The van der Waals surface area contributed by atoms with Crippen LogP contribution in [0.1, 0.15) is 18.9 Å². The number of benzene rings is 1. The predicted molar refractivity (Wildman–Crippen MR) is 70.2 cm³/mol. The van der Waals surface area contributed by atoms with Crippen LogP contribution in [0.2, 0.25) is 0 Å². The van der Waals surface area contributed by atoms with Gasteiger partial charge in [-0.25, -0.2) is 0 Å². The fourth-order valence-electron chi connectivity index (χ4n) is 1.68. The molecule has 1 atom stereocenters. The van der Waals surface area contributed by atoms with Crippen molar-refractivity contribution in [2.75, 3.05) is 14.2 Å². The molecule has 0 saturated carbocycles. The minimum Gasteiger partial charge on any atom is -0.496 e. The van der Waals surface area contributed by atoms with E-state index in [0.717, 1.165) is 22.2 Å². The van der Waals surface area contributed by atoms with Crippen molar-refractivity contribution >= 4 is 21.9 Å². The first kappa shape index (κ1) is 14.0. The van der Waals surface area contributed by atoms with Crippen LogP contribution >= 0.6 is 15.9 Å². The van der Waals surface area contributed by atoms with E-state index in [1.807, 2.05) is 25.1 Å². The van der Waals surface area contributed by atoms with Gasteiger partial charge in [0.1, 0.15) is 5.75 Å². The van der Waals surface area contributed by atoms with E-state index in [1.165, 1.54) is 7.11 Å². The van der Waals surface area contributed by atoms with E-state index in [0.29, 0.717) is 6.42 Å². The molecule has 0 spiro atoms. The van der Waals surface area contributed by atoms with E-state index in [-0.39, 0.29) is 11.9 Å². The lowest BCUT2D eigenvalue weighted by Crippen LogP contribution is -2.17. The van der Waals surface area contributed by atoms with Gasteiger partial charge in [-0.05, 0) is 46.5 Å². The molecule has 0 aliphatic rings. The number of hydrogen-bond acceptors (Lipinski definition) is 3. The highest BCUT2D eigenvalue weighted by atomic mass is 79.9. The van der Waals surface area contributed by atoms with Gasteiger partial charge in [0.2, 0.25) is 0 Å². The lowest BCUT2D eigenvalue weighted by Gasteiger charge is -2.13. The molecule has 3 nitrogen and oxygen atoms in total. The zero-order valence-corrected chi connectivity index (χ0v) is 11.9. The Morgan fingerprint density at radius 2 is 2.12 bits per heavy atom. The molecule has 0 fully saturated rings. The van der Waals surface area contributed by atoms with Gasteiger partial charge in [0.25, 0.3) is 0 Å². The largest absolute Gasteiger partial charge is 0.496 e. The Kier molecular flexibility index (Phi) is 5.48. The van der Waals surface area contributed by atoms with Crippen LogP contribution in [-0.4, -0.2) is 20.2 Å². The fourth-order valence-corrected chi connectivity index (χ4v) is 2.27. The van der Waals surface area contributed by atoms with Gasteiger partial charge in [-0.1, -0.05) is 13.0 Å². The molecule has 0 N–H and O–H groups in total. The Labute approximate surface area is 110 Å². The predicted octanol–water partition coefficient (Wildman–Crippen LogP) is 3.20. The van der Waals surface area contributed by atoms with Gasteiger partial charge in [0.15, 0.2) is 0 Å². The molecular formula is C13H17BrO3. The van der Waals surface area contributed by atoms with Gasteiger partial charge in [0, 0.05) is 0 Å². The number of esters is 1. The summed E-state index contributed by atoms with van der Waals surface area (Å²) in [6.45, 7) is 1.99. The van der Waals surface area contributed by atoms with Gasteiger partial charge in [-0.3, -0.25) is 4.79 Å². The van der Waals surface area contributed by atoms with Crippen molar-refractivity contribution in [1.29, 1.82) is 0 Å². The topological polar surface area (TPSA) is 35.5 Å².